The number of aromatic nitrogens is 3. The first-order valence-electron chi connectivity index (χ1n) is 9.01. The standard InChI is InChI=1S/C18H24N4O3S/c1-12(2)22-17(24)16(23)21-11-18(25-9-15(21)19-22)6-7-20(10-18)8-14-5-4-13(3)26-14/h4-5,12H,6-11H2,1-3H3. The Morgan fingerprint density at radius 1 is 1.27 bits per heavy atom. The average molecular weight is 376 g/mol. The summed E-state index contributed by atoms with van der Waals surface area (Å²) in [6, 6.07) is 4.17. The van der Waals surface area contributed by atoms with Crippen LogP contribution in [0, 0.1) is 6.92 Å². The number of rotatable bonds is 3. The number of hydrogen-bond acceptors (Lipinski definition) is 6. The highest BCUT2D eigenvalue weighted by molar-refractivity contribution is 7.11. The van der Waals surface area contributed by atoms with Crippen molar-refractivity contribution in [1.29, 1.82) is 0 Å². The van der Waals surface area contributed by atoms with Gasteiger partial charge in [-0.1, -0.05) is 0 Å². The Balaban J connectivity index is 1.56. The summed E-state index contributed by atoms with van der Waals surface area (Å²) in [6.07, 6.45) is 0.858. The zero-order valence-electron chi connectivity index (χ0n) is 15.4. The van der Waals surface area contributed by atoms with Gasteiger partial charge in [0.15, 0.2) is 5.82 Å². The van der Waals surface area contributed by atoms with E-state index in [2.05, 4.69) is 29.1 Å². The number of nitrogens with zero attached hydrogens (tertiary/aromatic N) is 4. The topological polar surface area (TPSA) is 69.4 Å². The van der Waals surface area contributed by atoms with Crippen LogP contribution in [-0.4, -0.2) is 37.9 Å². The lowest BCUT2D eigenvalue weighted by Gasteiger charge is -2.35. The predicted octanol–water partition coefficient (Wildman–Crippen LogP) is 1.53. The van der Waals surface area contributed by atoms with Crippen LogP contribution in [0.1, 0.15) is 41.9 Å². The van der Waals surface area contributed by atoms with Gasteiger partial charge in [-0.15, -0.1) is 11.3 Å². The molecule has 8 heteroatoms. The fraction of sp³-hybridized carbons (Fsp3) is 0.611. The lowest BCUT2D eigenvalue weighted by molar-refractivity contribution is -0.0859. The Hall–Kier alpha value is -1.77. The highest BCUT2D eigenvalue weighted by Crippen LogP contribution is 2.32. The van der Waals surface area contributed by atoms with Gasteiger partial charge < -0.3 is 4.74 Å². The van der Waals surface area contributed by atoms with Gasteiger partial charge >= 0.3 is 11.1 Å². The Bertz CT molecular complexity index is 945. The molecule has 0 bridgehead atoms. The summed E-state index contributed by atoms with van der Waals surface area (Å²) in [5, 5.41) is 4.35. The molecular weight excluding hydrogens is 352 g/mol. The SMILES string of the molecule is Cc1ccc(CN2CCC3(C2)Cn2c(nn(C(C)C)c(=O)c2=O)CO3)s1. The fourth-order valence-corrected chi connectivity index (χ4v) is 4.76. The van der Waals surface area contributed by atoms with Crippen molar-refractivity contribution in [1.82, 2.24) is 19.2 Å². The smallest absolute Gasteiger partial charge is 0.332 e. The maximum atomic E-state index is 12.6. The molecule has 0 radical (unpaired) electrons. The van der Waals surface area contributed by atoms with Crippen molar-refractivity contribution >= 4 is 11.3 Å². The summed E-state index contributed by atoms with van der Waals surface area (Å²) in [6.45, 7) is 9.08. The van der Waals surface area contributed by atoms with E-state index in [1.54, 1.807) is 0 Å². The van der Waals surface area contributed by atoms with Crippen LogP contribution in [0.4, 0.5) is 0 Å². The predicted molar refractivity (Wildman–Crippen MR) is 99.6 cm³/mol. The van der Waals surface area contributed by atoms with E-state index in [4.69, 9.17) is 4.74 Å². The van der Waals surface area contributed by atoms with Gasteiger partial charge in [0, 0.05) is 29.4 Å². The van der Waals surface area contributed by atoms with Gasteiger partial charge in [-0.2, -0.15) is 5.10 Å². The number of likely N-dealkylation sites (tertiary alicyclic amines) is 1. The molecule has 2 aliphatic rings. The van der Waals surface area contributed by atoms with Crippen LogP contribution in [0.2, 0.25) is 0 Å². The molecule has 1 fully saturated rings. The van der Waals surface area contributed by atoms with Crippen molar-refractivity contribution in [2.24, 2.45) is 0 Å². The van der Waals surface area contributed by atoms with Crippen LogP contribution < -0.4 is 11.1 Å². The molecule has 2 aliphatic heterocycles. The molecule has 2 aromatic rings. The van der Waals surface area contributed by atoms with Crippen molar-refractivity contribution in [2.75, 3.05) is 13.1 Å². The van der Waals surface area contributed by atoms with Crippen LogP contribution in [0.15, 0.2) is 21.7 Å². The first-order chi connectivity index (χ1) is 12.4. The maximum Gasteiger partial charge on any atom is 0.332 e. The van der Waals surface area contributed by atoms with E-state index in [1.165, 1.54) is 19.0 Å². The molecule has 0 aliphatic carbocycles. The molecule has 0 saturated carbocycles. The summed E-state index contributed by atoms with van der Waals surface area (Å²) in [5.74, 6) is 0.543. The van der Waals surface area contributed by atoms with Gasteiger partial charge in [0.25, 0.3) is 0 Å². The lowest BCUT2D eigenvalue weighted by atomic mass is 10.0. The van der Waals surface area contributed by atoms with E-state index in [0.29, 0.717) is 12.4 Å². The van der Waals surface area contributed by atoms with Crippen molar-refractivity contribution in [3.63, 3.8) is 0 Å². The number of hydrogen-bond donors (Lipinski definition) is 0. The highest BCUT2D eigenvalue weighted by Gasteiger charge is 2.43. The van der Waals surface area contributed by atoms with Crippen LogP contribution in [0.3, 0.4) is 0 Å². The fourth-order valence-electron chi connectivity index (χ4n) is 3.83. The van der Waals surface area contributed by atoms with Gasteiger partial charge in [-0.25, -0.2) is 4.68 Å². The van der Waals surface area contributed by atoms with Gasteiger partial charge in [0.05, 0.1) is 12.6 Å². The largest absolute Gasteiger partial charge is 0.364 e. The molecule has 4 heterocycles. The Kier molecular flexibility index (Phi) is 4.37. The molecule has 0 N–H and O–H groups in total. The Morgan fingerprint density at radius 2 is 2.08 bits per heavy atom. The first kappa shape index (κ1) is 17.6. The molecule has 26 heavy (non-hydrogen) atoms. The molecule has 2 aromatic heterocycles. The van der Waals surface area contributed by atoms with Gasteiger partial charge in [0.2, 0.25) is 0 Å². The molecule has 1 saturated heterocycles. The maximum absolute atomic E-state index is 12.6. The second-order valence-electron chi connectivity index (χ2n) is 7.60. The van der Waals surface area contributed by atoms with Crippen LogP contribution in [-0.2, 0) is 24.4 Å². The van der Waals surface area contributed by atoms with E-state index >= 15 is 0 Å². The molecule has 7 nitrogen and oxygen atoms in total. The number of thiophene rings is 1. The molecule has 1 unspecified atom stereocenters. The van der Waals surface area contributed by atoms with E-state index in [1.807, 2.05) is 25.2 Å². The van der Waals surface area contributed by atoms with E-state index in [-0.39, 0.29) is 12.6 Å². The van der Waals surface area contributed by atoms with Crippen molar-refractivity contribution in [2.45, 2.75) is 58.5 Å². The van der Waals surface area contributed by atoms with Gasteiger partial charge in [-0.3, -0.25) is 19.1 Å². The first-order valence-corrected chi connectivity index (χ1v) is 9.83. The van der Waals surface area contributed by atoms with Crippen LogP contribution in [0.25, 0.3) is 0 Å². The molecule has 1 spiro atoms. The van der Waals surface area contributed by atoms with E-state index in [0.717, 1.165) is 26.1 Å². The third-order valence-corrected chi connectivity index (χ3v) is 6.17. The Morgan fingerprint density at radius 3 is 2.77 bits per heavy atom. The Labute approximate surface area is 155 Å². The molecule has 4 rings (SSSR count). The third-order valence-electron chi connectivity index (χ3n) is 5.18. The molecule has 0 amide bonds. The summed E-state index contributed by atoms with van der Waals surface area (Å²) in [4.78, 5) is 29.9. The average Bonchev–Trinajstić information content (AvgIpc) is 3.18. The molecular formula is C18H24N4O3S. The second-order valence-corrected chi connectivity index (χ2v) is 8.97. The van der Waals surface area contributed by atoms with E-state index in [9.17, 15) is 9.59 Å². The monoisotopic (exact) mass is 376 g/mol. The zero-order chi connectivity index (χ0) is 18.5. The van der Waals surface area contributed by atoms with Crippen LogP contribution >= 0.6 is 11.3 Å². The normalized spacial score (nSPS) is 23.1. The minimum Gasteiger partial charge on any atom is -0.364 e. The minimum absolute atomic E-state index is 0.145. The minimum atomic E-state index is -0.551. The molecule has 1 atom stereocenters. The van der Waals surface area contributed by atoms with Crippen molar-refractivity contribution < 1.29 is 4.74 Å². The third kappa shape index (κ3) is 3.06. The summed E-state index contributed by atoms with van der Waals surface area (Å²) in [5.41, 5.74) is -1.44. The molecule has 140 valence electrons. The van der Waals surface area contributed by atoms with E-state index < -0.39 is 16.7 Å². The summed E-state index contributed by atoms with van der Waals surface area (Å²) < 4.78 is 8.97. The molecule has 0 aromatic carbocycles. The van der Waals surface area contributed by atoms with Crippen molar-refractivity contribution in [3.8, 4) is 0 Å². The second kappa shape index (κ2) is 6.44. The van der Waals surface area contributed by atoms with Crippen molar-refractivity contribution in [3.05, 3.63) is 48.4 Å². The van der Waals surface area contributed by atoms with Gasteiger partial charge in [-0.05, 0) is 39.3 Å². The highest BCUT2D eigenvalue weighted by atomic mass is 32.1. The summed E-state index contributed by atoms with van der Waals surface area (Å²) >= 11 is 1.82. The van der Waals surface area contributed by atoms with Gasteiger partial charge in [0.1, 0.15) is 12.2 Å². The summed E-state index contributed by atoms with van der Waals surface area (Å²) in [7, 11) is 0. The quantitative estimate of drug-likeness (QED) is 0.760. The van der Waals surface area contributed by atoms with Crippen LogP contribution in [0.5, 0.6) is 0 Å². The lowest BCUT2D eigenvalue weighted by Crippen LogP contribution is -2.53. The number of ether oxygens (including phenoxy) is 1. The number of aryl methyl sites for hydroxylation is 1. The number of fused-ring (bicyclic) bond motifs is 1. The zero-order valence-corrected chi connectivity index (χ0v) is 16.2.